The van der Waals surface area contributed by atoms with E-state index in [-0.39, 0.29) is 0 Å². The highest BCUT2D eigenvalue weighted by Crippen LogP contribution is 2.29. The van der Waals surface area contributed by atoms with Crippen molar-refractivity contribution in [1.29, 1.82) is 0 Å². The number of benzene rings is 1. The first-order valence-electron chi connectivity index (χ1n) is 8.75. The molecule has 0 aliphatic carbocycles. The van der Waals surface area contributed by atoms with Gasteiger partial charge in [-0.25, -0.2) is 15.0 Å². The summed E-state index contributed by atoms with van der Waals surface area (Å²) in [7, 11) is 0. The van der Waals surface area contributed by atoms with Crippen LogP contribution in [0, 0.1) is 0 Å². The van der Waals surface area contributed by atoms with E-state index in [9.17, 15) is 0 Å². The van der Waals surface area contributed by atoms with E-state index >= 15 is 0 Å². The smallest absolute Gasteiger partial charge is 0.159 e. The number of nitrogens with two attached hydrogens (primary N) is 1. The van der Waals surface area contributed by atoms with Crippen LogP contribution >= 0.6 is 11.6 Å². The number of piperazine rings is 1. The van der Waals surface area contributed by atoms with Crippen LogP contribution in [0.4, 0.5) is 28.8 Å². The Hall–Kier alpha value is -3.06. The van der Waals surface area contributed by atoms with E-state index in [2.05, 4.69) is 30.1 Å². The van der Waals surface area contributed by atoms with Gasteiger partial charge in [-0.3, -0.25) is 0 Å². The Bertz CT molecular complexity index is 894. The van der Waals surface area contributed by atoms with E-state index in [1.807, 2.05) is 48.7 Å². The third-order valence-electron chi connectivity index (χ3n) is 4.52. The SMILES string of the molecule is Nc1c(Nc2ccc(Cl)cc2)ncnc1N1CCN(c2ccccn2)CC1. The Morgan fingerprint density at radius 1 is 0.889 bits per heavy atom. The van der Waals surface area contributed by atoms with Crippen molar-refractivity contribution >= 4 is 40.4 Å². The van der Waals surface area contributed by atoms with Crippen molar-refractivity contribution in [2.75, 3.05) is 47.0 Å². The van der Waals surface area contributed by atoms with Gasteiger partial charge in [-0.05, 0) is 36.4 Å². The molecule has 138 valence electrons. The fraction of sp³-hybridized carbons (Fsp3) is 0.211. The van der Waals surface area contributed by atoms with E-state index in [4.69, 9.17) is 17.3 Å². The van der Waals surface area contributed by atoms with Crippen LogP contribution in [-0.4, -0.2) is 41.1 Å². The van der Waals surface area contributed by atoms with Gasteiger partial charge < -0.3 is 20.9 Å². The zero-order valence-corrected chi connectivity index (χ0v) is 15.5. The molecule has 7 nitrogen and oxygen atoms in total. The zero-order chi connectivity index (χ0) is 18.6. The Kier molecular flexibility index (Phi) is 4.93. The number of hydrogen-bond acceptors (Lipinski definition) is 7. The molecule has 1 aliphatic rings. The van der Waals surface area contributed by atoms with Crippen molar-refractivity contribution in [3.8, 4) is 0 Å². The van der Waals surface area contributed by atoms with Gasteiger partial charge in [-0.15, -0.1) is 0 Å². The van der Waals surface area contributed by atoms with Crippen LogP contribution in [-0.2, 0) is 0 Å². The Morgan fingerprint density at radius 3 is 2.33 bits per heavy atom. The fourth-order valence-electron chi connectivity index (χ4n) is 3.10. The van der Waals surface area contributed by atoms with Gasteiger partial charge in [-0.1, -0.05) is 17.7 Å². The lowest BCUT2D eigenvalue weighted by Gasteiger charge is -2.36. The van der Waals surface area contributed by atoms with E-state index in [1.54, 1.807) is 0 Å². The largest absolute Gasteiger partial charge is 0.393 e. The lowest BCUT2D eigenvalue weighted by molar-refractivity contribution is 0.642. The Labute approximate surface area is 162 Å². The average Bonchev–Trinajstić information content (AvgIpc) is 2.72. The third kappa shape index (κ3) is 3.88. The summed E-state index contributed by atoms with van der Waals surface area (Å²) in [5.41, 5.74) is 7.77. The second-order valence-corrected chi connectivity index (χ2v) is 6.69. The van der Waals surface area contributed by atoms with Gasteiger partial charge in [0.25, 0.3) is 0 Å². The van der Waals surface area contributed by atoms with Crippen LogP contribution < -0.4 is 20.9 Å². The van der Waals surface area contributed by atoms with E-state index in [0.717, 1.165) is 43.5 Å². The summed E-state index contributed by atoms with van der Waals surface area (Å²) in [5, 5.41) is 3.91. The van der Waals surface area contributed by atoms with Crippen LogP contribution in [0.5, 0.6) is 0 Å². The molecule has 0 atom stereocenters. The van der Waals surface area contributed by atoms with Gasteiger partial charge in [0.15, 0.2) is 11.6 Å². The summed E-state index contributed by atoms with van der Waals surface area (Å²) in [6, 6.07) is 13.4. The van der Waals surface area contributed by atoms with Crippen molar-refractivity contribution in [2.45, 2.75) is 0 Å². The number of nitrogens with zero attached hydrogens (tertiary/aromatic N) is 5. The van der Waals surface area contributed by atoms with E-state index < -0.39 is 0 Å². The van der Waals surface area contributed by atoms with Crippen molar-refractivity contribution in [3.63, 3.8) is 0 Å². The summed E-state index contributed by atoms with van der Waals surface area (Å²) in [5.74, 6) is 2.34. The molecule has 4 rings (SSSR count). The highest BCUT2D eigenvalue weighted by molar-refractivity contribution is 6.30. The zero-order valence-electron chi connectivity index (χ0n) is 14.7. The predicted molar refractivity (Wildman–Crippen MR) is 110 cm³/mol. The third-order valence-corrected chi connectivity index (χ3v) is 4.77. The molecule has 0 spiro atoms. The van der Waals surface area contributed by atoms with Gasteiger partial charge >= 0.3 is 0 Å². The molecule has 1 saturated heterocycles. The molecule has 3 N–H and O–H groups in total. The maximum absolute atomic E-state index is 6.36. The summed E-state index contributed by atoms with van der Waals surface area (Å²) >= 11 is 5.94. The fourth-order valence-corrected chi connectivity index (χ4v) is 3.22. The molecule has 1 fully saturated rings. The lowest BCUT2D eigenvalue weighted by atomic mass is 10.2. The van der Waals surface area contributed by atoms with Crippen LogP contribution in [0.2, 0.25) is 5.02 Å². The molecule has 27 heavy (non-hydrogen) atoms. The van der Waals surface area contributed by atoms with Gasteiger partial charge in [0, 0.05) is 43.1 Å². The van der Waals surface area contributed by atoms with Crippen molar-refractivity contribution in [2.24, 2.45) is 0 Å². The summed E-state index contributed by atoms with van der Waals surface area (Å²) in [6.45, 7) is 3.36. The standard InChI is InChI=1S/C19H20ClN7/c20-14-4-6-15(7-5-14)25-18-17(21)19(24-13-23-18)27-11-9-26(10-12-27)16-3-1-2-8-22-16/h1-8,13H,9-12,21H2,(H,23,24,25). The van der Waals surface area contributed by atoms with Crippen LogP contribution in [0.25, 0.3) is 0 Å². The van der Waals surface area contributed by atoms with Gasteiger partial charge in [-0.2, -0.15) is 0 Å². The molecule has 3 heterocycles. The maximum atomic E-state index is 6.36. The number of hydrogen-bond donors (Lipinski definition) is 2. The summed E-state index contributed by atoms with van der Waals surface area (Å²) in [4.78, 5) is 17.6. The van der Waals surface area contributed by atoms with Gasteiger partial charge in [0.1, 0.15) is 17.8 Å². The Balaban J connectivity index is 1.47. The number of nitrogen functional groups attached to an aromatic ring is 1. The molecule has 0 amide bonds. The number of anilines is 5. The number of rotatable bonds is 4. The number of halogens is 1. The first kappa shape index (κ1) is 17.4. The predicted octanol–water partition coefficient (Wildman–Crippen LogP) is 3.18. The monoisotopic (exact) mass is 381 g/mol. The highest BCUT2D eigenvalue weighted by atomic mass is 35.5. The van der Waals surface area contributed by atoms with Crippen molar-refractivity contribution in [1.82, 2.24) is 15.0 Å². The van der Waals surface area contributed by atoms with Gasteiger partial charge in [0.05, 0.1) is 0 Å². The molecule has 0 unspecified atom stereocenters. The van der Waals surface area contributed by atoms with Crippen LogP contribution in [0.15, 0.2) is 55.0 Å². The minimum absolute atomic E-state index is 0.540. The topological polar surface area (TPSA) is 83.2 Å². The molecular weight excluding hydrogens is 362 g/mol. The summed E-state index contributed by atoms with van der Waals surface area (Å²) < 4.78 is 0. The molecule has 2 aromatic heterocycles. The molecule has 1 aromatic carbocycles. The normalized spacial score (nSPS) is 14.3. The Morgan fingerprint density at radius 2 is 1.63 bits per heavy atom. The second kappa shape index (κ2) is 7.67. The van der Waals surface area contributed by atoms with Crippen LogP contribution in [0.1, 0.15) is 0 Å². The number of pyridine rings is 1. The van der Waals surface area contributed by atoms with Gasteiger partial charge in [0.2, 0.25) is 0 Å². The maximum Gasteiger partial charge on any atom is 0.159 e. The molecule has 0 bridgehead atoms. The van der Waals surface area contributed by atoms with Crippen LogP contribution in [0.3, 0.4) is 0 Å². The van der Waals surface area contributed by atoms with Crippen molar-refractivity contribution < 1.29 is 0 Å². The molecule has 1 aliphatic heterocycles. The first-order valence-corrected chi connectivity index (χ1v) is 9.12. The first-order chi connectivity index (χ1) is 13.2. The molecular formula is C19H20ClN7. The highest BCUT2D eigenvalue weighted by Gasteiger charge is 2.22. The minimum atomic E-state index is 0.540. The minimum Gasteiger partial charge on any atom is -0.393 e. The molecule has 0 radical (unpaired) electrons. The lowest BCUT2D eigenvalue weighted by Crippen LogP contribution is -2.47. The van der Waals surface area contributed by atoms with E-state index in [0.29, 0.717) is 16.5 Å². The number of nitrogens with one attached hydrogen (secondary N) is 1. The molecule has 3 aromatic rings. The molecule has 8 heteroatoms. The van der Waals surface area contributed by atoms with Crippen molar-refractivity contribution in [3.05, 3.63) is 60.0 Å². The molecule has 0 saturated carbocycles. The average molecular weight is 382 g/mol. The summed E-state index contributed by atoms with van der Waals surface area (Å²) in [6.07, 6.45) is 3.36. The van der Waals surface area contributed by atoms with E-state index in [1.165, 1.54) is 6.33 Å². The number of aromatic nitrogens is 3. The quantitative estimate of drug-likeness (QED) is 0.718. The second-order valence-electron chi connectivity index (χ2n) is 6.25.